The number of carbonyl (C=O) groups is 1. The molecule has 1 heterocycles. The molecule has 0 N–H and O–H groups in total. The Balaban J connectivity index is 3.30. The van der Waals surface area contributed by atoms with Gasteiger partial charge < -0.3 is 4.74 Å². The maximum Gasteiger partial charge on any atom is 0.217 e. The second-order valence-electron chi connectivity index (χ2n) is 2.90. The first-order chi connectivity index (χ1) is 6.60. The molecule has 1 aromatic rings. The van der Waals surface area contributed by atoms with Crippen LogP contribution in [0.25, 0.3) is 0 Å². The molecular weight excluding hydrogens is 185 g/mol. The highest BCUT2D eigenvalue weighted by Crippen LogP contribution is 2.19. The van der Waals surface area contributed by atoms with Crippen LogP contribution >= 0.6 is 0 Å². The van der Waals surface area contributed by atoms with Crippen molar-refractivity contribution in [3.63, 3.8) is 0 Å². The van der Waals surface area contributed by atoms with Gasteiger partial charge in [-0.1, -0.05) is 6.92 Å². The van der Waals surface area contributed by atoms with Crippen molar-refractivity contribution >= 4 is 5.78 Å². The van der Waals surface area contributed by atoms with E-state index in [1.54, 1.807) is 0 Å². The fourth-order valence-corrected chi connectivity index (χ4v) is 1.19. The van der Waals surface area contributed by atoms with Crippen LogP contribution in [0, 0.1) is 5.82 Å². The van der Waals surface area contributed by atoms with E-state index in [1.165, 1.54) is 20.1 Å². The summed E-state index contributed by atoms with van der Waals surface area (Å²) in [5.41, 5.74) is 0.494. The summed E-state index contributed by atoms with van der Waals surface area (Å²) in [7, 11) is 1.45. The fraction of sp³-hybridized carbons (Fsp3) is 0.400. The van der Waals surface area contributed by atoms with Crippen LogP contribution in [-0.2, 0) is 6.42 Å². The summed E-state index contributed by atoms with van der Waals surface area (Å²) in [5, 5.41) is 0. The van der Waals surface area contributed by atoms with Crippen LogP contribution < -0.4 is 4.74 Å². The lowest BCUT2D eigenvalue weighted by atomic mass is 10.1. The largest absolute Gasteiger partial charge is 0.481 e. The topological polar surface area (TPSA) is 39.2 Å². The molecular formula is C10H12FNO2. The summed E-state index contributed by atoms with van der Waals surface area (Å²) in [6.07, 6.45) is 0.616. The molecule has 0 atom stereocenters. The van der Waals surface area contributed by atoms with Gasteiger partial charge in [-0.3, -0.25) is 4.79 Å². The highest BCUT2D eigenvalue weighted by atomic mass is 19.1. The zero-order chi connectivity index (χ0) is 10.7. The molecule has 0 spiro atoms. The van der Waals surface area contributed by atoms with Gasteiger partial charge in [0.05, 0.1) is 7.11 Å². The van der Waals surface area contributed by atoms with Gasteiger partial charge in [-0.15, -0.1) is 0 Å². The predicted octanol–water partition coefficient (Wildman–Crippen LogP) is 1.99. The van der Waals surface area contributed by atoms with E-state index in [0.717, 1.165) is 0 Å². The number of aromatic nitrogens is 1. The number of methoxy groups -OCH3 is 1. The molecule has 0 aromatic carbocycles. The second-order valence-corrected chi connectivity index (χ2v) is 2.90. The summed E-state index contributed by atoms with van der Waals surface area (Å²) >= 11 is 0. The van der Waals surface area contributed by atoms with E-state index in [2.05, 4.69) is 4.98 Å². The molecule has 1 rings (SSSR count). The molecule has 0 aliphatic carbocycles. The Labute approximate surface area is 81.9 Å². The lowest BCUT2D eigenvalue weighted by molar-refractivity contribution is 0.100. The maximum absolute atomic E-state index is 13.3. The Morgan fingerprint density at radius 2 is 2.29 bits per heavy atom. The Morgan fingerprint density at radius 3 is 2.71 bits per heavy atom. The van der Waals surface area contributed by atoms with Gasteiger partial charge in [-0.2, -0.15) is 0 Å². The molecule has 4 heteroatoms. The molecule has 3 nitrogen and oxygen atoms in total. The number of rotatable bonds is 3. The lowest BCUT2D eigenvalue weighted by Gasteiger charge is -2.07. The van der Waals surface area contributed by atoms with Crippen molar-refractivity contribution in [2.75, 3.05) is 7.11 Å². The molecule has 0 aliphatic rings. The molecule has 1 aromatic heterocycles. The van der Waals surface area contributed by atoms with Gasteiger partial charge in [0.2, 0.25) is 5.88 Å². The average molecular weight is 197 g/mol. The molecule has 0 aliphatic heterocycles. The van der Waals surface area contributed by atoms with Crippen LogP contribution in [0.1, 0.15) is 29.9 Å². The van der Waals surface area contributed by atoms with E-state index in [9.17, 15) is 9.18 Å². The Hall–Kier alpha value is -1.45. The van der Waals surface area contributed by atoms with E-state index >= 15 is 0 Å². The lowest BCUT2D eigenvalue weighted by Crippen LogP contribution is -2.05. The van der Waals surface area contributed by atoms with Crippen LogP contribution in [0.2, 0.25) is 0 Å². The minimum atomic E-state index is -0.588. The summed E-state index contributed by atoms with van der Waals surface area (Å²) in [6.45, 7) is 3.14. The third-order valence-corrected chi connectivity index (χ3v) is 1.92. The first-order valence-electron chi connectivity index (χ1n) is 4.34. The van der Waals surface area contributed by atoms with Gasteiger partial charge in [0.1, 0.15) is 5.69 Å². The van der Waals surface area contributed by atoms with Gasteiger partial charge in [0.15, 0.2) is 11.6 Å². The minimum Gasteiger partial charge on any atom is -0.481 e. The number of hydrogen-bond acceptors (Lipinski definition) is 3. The number of ether oxygens (including phenoxy) is 1. The van der Waals surface area contributed by atoms with E-state index in [-0.39, 0.29) is 5.69 Å². The van der Waals surface area contributed by atoms with Crippen LogP contribution in [0.3, 0.4) is 0 Å². The number of pyridine rings is 1. The van der Waals surface area contributed by atoms with Crippen molar-refractivity contribution in [2.45, 2.75) is 20.3 Å². The summed E-state index contributed by atoms with van der Waals surface area (Å²) in [6, 6.07) is 1.29. The van der Waals surface area contributed by atoms with Crippen LogP contribution in [0.15, 0.2) is 6.07 Å². The third-order valence-electron chi connectivity index (χ3n) is 1.92. The third kappa shape index (κ3) is 1.89. The number of ketones is 1. The molecule has 0 saturated carbocycles. The fourth-order valence-electron chi connectivity index (χ4n) is 1.19. The van der Waals surface area contributed by atoms with Crippen LogP contribution in [0.4, 0.5) is 4.39 Å². The van der Waals surface area contributed by atoms with Gasteiger partial charge in [0, 0.05) is 12.5 Å². The van der Waals surface area contributed by atoms with Crippen molar-refractivity contribution in [1.82, 2.24) is 4.98 Å². The van der Waals surface area contributed by atoms with E-state index < -0.39 is 11.6 Å². The van der Waals surface area contributed by atoms with E-state index in [1.807, 2.05) is 6.92 Å². The molecule has 14 heavy (non-hydrogen) atoms. The highest BCUT2D eigenvalue weighted by Gasteiger charge is 2.14. The van der Waals surface area contributed by atoms with Crippen molar-refractivity contribution in [2.24, 2.45) is 0 Å². The van der Waals surface area contributed by atoms with Crippen LogP contribution in [0.5, 0.6) is 5.88 Å². The van der Waals surface area contributed by atoms with E-state index in [4.69, 9.17) is 4.74 Å². The van der Waals surface area contributed by atoms with Crippen molar-refractivity contribution in [3.05, 3.63) is 23.1 Å². The van der Waals surface area contributed by atoms with Gasteiger partial charge in [-0.25, -0.2) is 9.37 Å². The SMILES string of the molecule is CCc1cc(F)c(C(C)=O)nc1OC. The number of carbonyl (C=O) groups excluding carboxylic acids is 1. The highest BCUT2D eigenvalue weighted by molar-refractivity contribution is 5.92. The smallest absolute Gasteiger partial charge is 0.217 e. The molecule has 0 fully saturated rings. The zero-order valence-electron chi connectivity index (χ0n) is 8.43. The Bertz CT molecular complexity index is 363. The maximum atomic E-state index is 13.3. The quantitative estimate of drug-likeness (QED) is 0.695. The van der Waals surface area contributed by atoms with Gasteiger partial charge in [0.25, 0.3) is 0 Å². The number of hydrogen-bond donors (Lipinski definition) is 0. The first-order valence-corrected chi connectivity index (χ1v) is 4.34. The van der Waals surface area contributed by atoms with Crippen molar-refractivity contribution in [3.8, 4) is 5.88 Å². The van der Waals surface area contributed by atoms with Gasteiger partial charge >= 0.3 is 0 Å². The van der Waals surface area contributed by atoms with E-state index in [0.29, 0.717) is 17.9 Å². The molecule has 0 radical (unpaired) electrons. The number of halogens is 1. The average Bonchev–Trinajstić information content (AvgIpc) is 2.16. The molecule has 0 amide bonds. The summed E-state index contributed by atoms with van der Waals surface area (Å²) in [4.78, 5) is 14.8. The Kier molecular flexibility index (Phi) is 3.17. The minimum absolute atomic E-state index is 0.168. The molecule has 76 valence electrons. The normalized spacial score (nSPS) is 10.0. The monoisotopic (exact) mass is 197 g/mol. The number of Topliss-reactive ketones (excluding diaryl/α,β-unsaturated/α-hetero) is 1. The zero-order valence-corrected chi connectivity index (χ0v) is 8.43. The molecule has 0 unspecified atom stereocenters. The Morgan fingerprint density at radius 1 is 1.64 bits per heavy atom. The molecule has 0 bridgehead atoms. The number of aryl methyl sites for hydroxylation is 1. The van der Waals surface area contributed by atoms with Crippen LogP contribution in [-0.4, -0.2) is 17.9 Å². The predicted molar refractivity (Wildman–Crippen MR) is 50.1 cm³/mol. The van der Waals surface area contributed by atoms with Gasteiger partial charge in [-0.05, 0) is 12.5 Å². The van der Waals surface area contributed by atoms with Crippen molar-refractivity contribution < 1.29 is 13.9 Å². The summed E-state index contributed by atoms with van der Waals surface area (Å²) in [5.74, 6) is -0.669. The number of nitrogens with zero attached hydrogens (tertiary/aromatic N) is 1. The second kappa shape index (κ2) is 4.17. The van der Waals surface area contributed by atoms with Crippen molar-refractivity contribution in [1.29, 1.82) is 0 Å². The summed E-state index contributed by atoms with van der Waals surface area (Å²) < 4.78 is 18.2. The first kappa shape index (κ1) is 10.6. The standard InChI is InChI=1S/C10H12FNO2/c1-4-7-5-8(11)9(6(2)13)12-10(7)14-3/h5H,4H2,1-3H3. The molecule has 0 saturated heterocycles.